The van der Waals surface area contributed by atoms with Crippen LogP contribution in [0.2, 0.25) is 0 Å². The van der Waals surface area contributed by atoms with E-state index in [1.165, 1.54) is 44.6 Å². The summed E-state index contributed by atoms with van der Waals surface area (Å²) in [7, 11) is 0. The van der Waals surface area contributed by atoms with Gasteiger partial charge in [0.15, 0.2) is 0 Å². The Labute approximate surface area is 126 Å². The van der Waals surface area contributed by atoms with Crippen molar-refractivity contribution in [1.29, 1.82) is 0 Å². The zero-order chi connectivity index (χ0) is 14.5. The van der Waals surface area contributed by atoms with E-state index in [4.69, 9.17) is 0 Å². The van der Waals surface area contributed by atoms with E-state index >= 15 is 0 Å². The van der Waals surface area contributed by atoms with Crippen molar-refractivity contribution in [2.75, 3.05) is 19.6 Å². The molecule has 1 aliphatic heterocycles. The van der Waals surface area contributed by atoms with Crippen LogP contribution in [0.1, 0.15) is 25.0 Å². The summed E-state index contributed by atoms with van der Waals surface area (Å²) in [5, 5.41) is 8.65. The van der Waals surface area contributed by atoms with Gasteiger partial charge in [0, 0.05) is 37.4 Å². The number of rotatable bonds is 6. The van der Waals surface area contributed by atoms with Crippen molar-refractivity contribution in [2.24, 2.45) is 5.92 Å². The predicted octanol–water partition coefficient (Wildman–Crippen LogP) is 2.19. The van der Waals surface area contributed by atoms with E-state index in [9.17, 15) is 0 Å². The first-order valence-corrected chi connectivity index (χ1v) is 7.99. The molecule has 1 aliphatic rings. The summed E-state index contributed by atoms with van der Waals surface area (Å²) in [6.45, 7) is 7.87. The lowest BCUT2D eigenvalue weighted by molar-refractivity contribution is 0.167. The molecule has 1 saturated heterocycles. The second kappa shape index (κ2) is 6.89. The highest BCUT2D eigenvalue weighted by atomic mass is 15.3. The van der Waals surface area contributed by atoms with Gasteiger partial charge in [0.25, 0.3) is 0 Å². The van der Waals surface area contributed by atoms with Gasteiger partial charge in [-0.05, 0) is 63.9 Å². The van der Waals surface area contributed by atoms with Crippen LogP contribution in [0, 0.1) is 12.8 Å². The van der Waals surface area contributed by atoms with Crippen LogP contribution in [0.15, 0.2) is 30.7 Å². The second-order valence-electron chi connectivity index (χ2n) is 6.06. The normalized spacial score (nSPS) is 17.4. The summed E-state index contributed by atoms with van der Waals surface area (Å²) in [4.78, 5) is 2.60. The molecule has 5 heteroatoms. The molecule has 0 amide bonds. The van der Waals surface area contributed by atoms with E-state index in [0.29, 0.717) is 0 Å². The third kappa shape index (κ3) is 3.94. The van der Waals surface area contributed by atoms with E-state index in [1.54, 1.807) is 0 Å². The van der Waals surface area contributed by atoms with Gasteiger partial charge in [-0.25, -0.2) is 0 Å². The van der Waals surface area contributed by atoms with Crippen LogP contribution in [0.4, 0.5) is 0 Å². The molecular weight excluding hydrogens is 262 g/mol. The van der Waals surface area contributed by atoms with Crippen LogP contribution in [-0.4, -0.2) is 44.1 Å². The Kier molecular flexibility index (Phi) is 4.70. The molecule has 2 aromatic heterocycles. The Morgan fingerprint density at radius 3 is 2.67 bits per heavy atom. The first-order chi connectivity index (χ1) is 10.3. The summed E-state index contributed by atoms with van der Waals surface area (Å²) in [5.74, 6) is 0.787. The SMILES string of the molecule is Cc1ccnn1CCCN1CCC(Cn2cccn2)CC1. The van der Waals surface area contributed by atoms with Gasteiger partial charge in [-0.15, -0.1) is 0 Å². The van der Waals surface area contributed by atoms with E-state index in [1.807, 2.05) is 18.5 Å². The maximum atomic E-state index is 4.34. The van der Waals surface area contributed by atoms with Crippen molar-refractivity contribution < 1.29 is 0 Å². The van der Waals surface area contributed by atoms with Gasteiger partial charge in [-0.1, -0.05) is 0 Å². The molecule has 0 saturated carbocycles. The van der Waals surface area contributed by atoms with Gasteiger partial charge in [0.2, 0.25) is 0 Å². The maximum Gasteiger partial charge on any atom is 0.0492 e. The van der Waals surface area contributed by atoms with Gasteiger partial charge in [-0.3, -0.25) is 9.36 Å². The monoisotopic (exact) mass is 287 g/mol. The zero-order valence-electron chi connectivity index (χ0n) is 12.9. The average Bonchev–Trinajstić information content (AvgIpc) is 3.13. The van der Waals surface area contributed by atoms with Gasteiger partial charge >= 0.3 is 0 Å². The van der Waals surface area contributed by atoms with Crippen molar-refractivity contribution in [3.8, 4) is 0 Å². The minimum Gasteiger partial charge on any atom is -0.303 e. The number of aromatic nitrogens is 4. The highest BCUT2D eigenvalue weighted by Crippen LogP contribution is 2.19. The third-order valence-corrected chi connectivity index (χ3v) is 4.48. The van der Waals surface area contributed by atoms with E-state index in [-0.39, 0.29) is 0 Å². The fourth-order valence-electron chi connectivity index (χ4n) is 3.14. The molecule has 0 aromatic carbocycles. The van der Waals surface area contributed by atoms with Gasteiger partial charge < -0.3 is 4.90 Å². The van der Waals surface area contributed by atoms with E-state index < -0.39 is 0 Å². The number of hydrogen-bond acceptors (Lipinski definition) is 3. The lowest BCUT2D eigenvalue weighted by Gasteiger charge is -2.31. The molecule has 0 N–H and O–H groups in total. The van der Waals surface area contributed by atoms with Gasteiger partial charge in [0.05, 0.1) is 0 Å². The fraction of sp³-hybridized carbons (Fsp3) is 0.625. The quantitative estimate of drug-likeness (QED) is 0.817. The lowest BCUT2D eigenvalue weighted by atomic mass is 9.97. The number of aryl methyl sites for hydroxylation is 2. The van der Waals surface area contributed by atoms with Crippen molar-refractivity contribution in [3.63, 3.8) is 0 Å². The Balaban J connectivity index is 1.35. The lowest BCUT2D eigenvalue weighted by Crippen LogP contribution is -2.36. The number of nitrogens with zero attached hydrogens (tertiary/aromatic N) is 5. The molecule has 0 unspecified atom stereocenters. The molecule has 0 bridgehead atoms. The number of likely N-dealkylation sites (tertiary alicyclic amines) is 1. The van der Waals surface area contributed by atoms with Crippen LogP contribution in [0.25, 0.3) is 0 Å². The van der Waals surface area contributed by atoms with E-state index in [0.717, 1.165) is 19.0 Å². The van der Waals surface area contributed by atoms with Crippen LogP contribution < -0.4 is 0 Å². The molecule has 0 atom stereocenters. The molecule has 3 rings (SSSR count). The molecular formula is C16H25N5. The van der Waals surface area contributed by atoms with Crippen LogP contribution >= 0.6 is 0 Å². The van der Waals surface area contributed by atoms with Crippen molar-refractivity contribution >= 4 is 0 Å². The van der Waals surface area contributed by atoms with Crippen LogP contribution in [0.3, 0.4) is 0 Å². The fourth-order valence-corrected chi connectivity index (χ4v) is 3.14. The standard InChI is InChI=1S/C16H25N5/c1-15-4-8-18-21(15)11-3-9-19-12-5-16(6-13-19)14-20-10-2-7-17-20/h2,4,7-8,10,16H,3,5-6,9,11-14H2,1H3. The summed E-state index contributed by atoms with van der Waals surface area (Å²) >= 11 is 0. The minimum atomic E-state index is 0.787. The Bertz CT molecular complexity index is 523. The van der Waals surface area contributed by atoms with Gasteiger partial charge in [-0.2, -0.15) is 10.2 Å². The molecule has 2 aromatic rings. The minimum absolute atomic E-state index is 0.787. The van der Waals surface area contributed by atoms with Crippen molar-refractivity contribution in [2.45, 2.75) is 39.3 Å². The maximum absolute atomic E-state index is 4.34. The molecule has 21 heavy (non-hydrogen) atoms. The van der Waals surface area contributed by atoms with E-state index in [2.05, 4.69) is 43.6 Å². The highest BCUT2D eigenvalue weighted by Gasteiger charge is 2.19. The third-order valence-electron chi connectivity index (χ3n) is 4.48. The summed E-state index contributed by atoms with van der Waals surface area (Å²) in [5.41, 5.74) is 1.26. The zero-order valence-corrected chi connectivity index (χ0v) is 12.9. The predicted molar refractivity (Wildman–Crippen MR) is 83.0 cm³/mol. The molecule has 0 radical (unpaired) electrons. The molecule has 5 nitrogen and oxygen atoms in total. The largest absolute Gasteiger partial charge is 0.303 e. The van der Waals surface area contributed by atoms with Crippen molar-refractivity contribution in [1.82, 2.24) is 24.5 Å². The summed E-state index contributed by atoms with van der Waals surface area (Å²) in [6, 6.07) is 4.08. The number of piperidine rings is 1. The topological polar surface area (TPSA) is 38.9 Å². The Morgan fingerprint density at radius 1 is 1.14 bits per heavy atom. The molecule has 0 aliphatic carbocycles. The molecule has 114 valence electrons. The summed E-state index contributed by atoms with van der Waals surface area (Å²) in [6.07, 6.45) is 9.59. The first-order valence-electron chi connectivity index (χ1n) is 7.99. The van der Waals surface area contributed by atoms with Crippen LogP contribution in [-0.2, 0) is 13.1 Å². The first kappa shape index (κ1) is 14.3. The smallest absolute Gasteiger partial charge is 0.0492 e. The molecule has 1 fully saturated rings. The van der Waals surface area contributed by atoms with Gasteiger partial charge in [0.1, 0.15) is 0 Å². The van der Waals surface area contributed by atoms with Crippen LogP contribution in [0.5, 0.6) is 0 Å². The highest BCUT2D eigenvalue weighted by molar-refractivity contribution is 4.96. The second-order valence-corrected chi connectivity index (χ2v) is 6.06. The Morgan fingerprint density at radius 2 is 2.00 bits per heavy atom. The Hall–Kier alpha value is -1.62. The average molecular weight is 287 g/mol. The van der Waals surface area contributed by atoms with Crippen molar-refractivity contribution in [3.05, 3.63) is 36.4 Å². The summed E-state index contributed by atoms with van der Waals surface area (Å²) < 4.78 is 4.17. The number of hydrogen-bond donors (Lipinski definition) is 0. The molecule has 0 spiro atoms. The molecule has 3 heterocycles.